The van der Waals surface area contributed by atoms with Crippen LogP contribution in [0.3, 0.4) is 0 Å². The smallest absolute Gasteiger partial charge is 0.304 e. The summed E-state index contributed by atoms with van der Waals surface area (Å²) < 4.78 is 30.8. The number of nitrogens with one attached hydrogen (secondary N) is 1. The molecular weight excluding hydrogens is 270 g/mol. The summed E-state index contributed by atoms with van der Waals surface area (Å²) in [7, 11) is -3.63. The van der Waals surface area contributed by atoms with Crippen LogP contribution in [0, 0.1) is 0 Å². The van der Waals surface area contributed by atoms with Crippen LogP contribution >= 0.6 is 0 Å². The Kier molecular flexibility index (Phi) is 5.62. The maximum atomic E-state index is 11.6. The zero-order valence-electron chi connectivity index (χ0n) is 10.6. The summed E-state index contributed by atoms with van der Waals surface area (Å²) >= 11 is 0. The van der Waals surface area contributed by atoms with Crippen LogP contribution in [-0.4, -0.2) is 31.9 Å². The fourth-order valence-corrected chi connectivity index (χ4v) is 2.33. The molecule has 0 aliphatic carbocycles. The number of aliphatic carboxylic acids is 1. The van der Waals surface area contributed by atoms with E-state index >= 15 is 0 Å². The Morgan fingerprint density at radius 1 is 1.32 bits per heavy atom. The standard InChI is InChI=1S/C12H17NO5S/c1-2-8-18-11-5-3-10(4-6-11)13-19(16,17)9-7-12(14)15/h3-6,13H,2,7-9H2,1H3,(H,14,15). The predicted octanol–water partition coefficient (Wildman–Crippen LogP) is 1.69. The van der Waals surface area contributed by atoms with Crippen LogP contribution in [0.5, 0.6) is 5.75 Å². The van der Waals surface area contributed by atoms with E-state index in [1.807, 2.05) is 6.92 Å². The van der Waals surface area contributed by atoms with Gasteiger partial charge in [-0.25, -0.2) is 8.42 Å². The summed E-state index contributed by atoms with van der Waals surface area (Å²) in [6.45, 7) is 2.59. The number of rotatable bonds is 8. The minimum Gasteiger partial charge on any atom is -0.494 e. The first kappa shape index (κ1) is 15.3. The van der Waals surface area contributed by atoms with E-state index in [1.54, 1.807) is 24.3 Å². The lowest BCUT2D eigenvalue weighted by atomic mass is 10.3. The number of ether oxygens (including phenoxy) is 1. The van der Waals surface area contributed by atoms with Crippen molar-refractivity contribution in [3.8, 4) is 5.75 Å². The quantitative estimate of drug-likeness (QED) is 0.759. The molecule has 0 fully saturated rings. The molecule has 0 radical (unpaired) electrons. The molecule has 0 amide bonds. The van der Waals surface area contributed by atoms with Crippen molar-refractivity contribution in [2.45, 2.75) is 19.8 Å². The van der Waals surface area contributed by atoms with Gasteiger partial charge < -0.3 is 9.84 Å². The maximum Gasteiger partial charge on any atom is 0.304 e. The van der Waals surface area contributed by atoms with Gasteiger partial charge in [-0.3, -0.25) is 9.52 Å². The molecule has 0 bridgehead atoms. The van der Waals surface area contributed by atoms with Gasteiger partial charge in [0.25, 0.3) is 0 Å². The number of benzene rings is 1. The zero-order valence-corrected chi connectivity index (χ0v) is 11.4. The van der Waals surface area contributed by atoms with Gasteiger partial charge in [-0.15, -0.1) is 0 Å². The van der Waals surface area contributed by atoms with Gasteiger partial charge in [0.05, 0.1) is 18.8 Å². The molecule has 1 aromatic rings. The normalized spacial score (nSPS) is 11.0. The van der Waals surface area contributed by atoms with Crippen LogP contribution in [0.4, 0.5) is 5.69 Å². The highest BCUT2D eigenvalue weighted by atomic mass is 32.2. The number of carboxylic acid groups (broad SMARTS) is 1. The maximum absolute atomic E-state index is 11.6. The van der Waals surface area contributed by atoms with Crippen molar-refractivity contribution in [2.75, 3.05) is 17.1 Å². The van der Waals surface area contributed by atoms with Crippen molar-refractivity contribution in [3.63, 3.8) is 0 Å². The number of hydrogen-bond donors (Lipinski definition) is 2. The fraction of sp³-hybridized carbons (Fsp3) is 0.417. The van der Waals surface area contributed by atoms with Crippen molar-refractivity contribution in [2.24, 2.45) is 0 Å². The molecule has 1 rings (SSSR count). The molecular formula is C12H17NO5S. The average Bonchev–Trinajstić information content (AvgIpc) is 2.35. The Morgan fingerprint density at radius 2 is 1.95 bits per heavy atom. The number of carbonyl (C=O) groups is 1. The van der Waals surface area contributed by atoms with Gasteiger partial charge in [0, 0.05) is 5.69 Å². The predicted molar refractivity (Wildman–Crippen MR) is 71.9 cm³/mol. The highest BCUT2D eigenvalue weighted by Crippen LogP contribution is 2.17. The van der Waals surface area contributed by atoms with E-state index in [1.165, 1.54) is 0 Å². The molecule has 1 aromatic carbocycles. The summed E-state index contributed by atoms with van der Waals surface area (Å²) in [6.07, 6.45) is 0.469. The van der Waals surface area contributed by atoms with Gasteiger partial charge in [-0.2, -0.15) is 0 Å². The second-order valence-corrected chi connectivity index (χ2v) is 5.78. The number of carboxylic acids is 1. The Labute approximate surface area is 112 Å². The van der Waals surface area contributed by atoms with Crippen LogP contribution in [-0.2, 0) is 14.8 Å². The molecule has 106 valence electrons. The lowest BCUT2D eigenvalue weighted by molar-refractivity contribution is -0.136. The summed E-state index contributed by atoms with van der Waals surface area (Å²) in [5, 5.41) is 8.45. The van der Waals surface area contributed by atoms with E-state index in [-0.39, 0.29) is 0 Å². The van der Waals surface area contributed by atoms with Crippen LogP contribution in [0.15, 0.2) is 24.3 Å². The molecule has 7 heteroatoms. The first-order valence-corrected chi connectivity index (χ1v) is 7.53. The topological polar surface area (TPSA) is 92.7 Å². The Bertz CT molecular complexity index is 509. The zero-order chi connectivity index (χ0) is 14.3. The molecule has 0 aliphatic rings. The van der Waals surface area contributed by atoms with Crippen LogP contribution in [0.25, 0.3) is 0 Å². The van der Waals surface area contributed by atoms with E-state index in [0.29, 0.717) is 18.0 Å². The van der Waals surface area contributed by atoms with Crippen molar-refractivity contribution in [1.82, 2.24) is 0 Å². The van der Waals surface area contributed by atoms with Crippen molar-refractivity contribution in [1.29, 1.82) is 0 Å². The Balaban J connectivity index is 2.59. The van der Waals surface area contributed by atoms with Crippen LogP contribution in [0.1, 0.15) is 19.8 Å². The second kappa shape index (κ2) is 6.98. The average molecular weight is 287 g/mol. The van der Waals surface area contributed by atoms with Gasteiger partial charge in [0.1, 0.15) is 5.75 Å². The number of hydrogen-bond acceptors (Lipinski definition) is 4. The van der Waals surface area contributed by atoms with Gasteiger partial charge >= 0.3 is 5.97 Å². The third-order valence-electron chi connectivity index (χ3n) is 2.19. The SMILES string of the molecule is CCCOc1ccc(NS(=O)(=O)CCC(=O)O)cc1. The Morgan fingerprint density at radius 3 is 2.47 bits per heavy atom. The third kappa shape index (κ3) is 6.10. The molecule has 2 N–H and O–H groups in total. The number of anilines is 1. The summed E-state index contributed by atoms with van der Waals surface area (Å²) in [5.74, 6) is -0.930. The summed E-state index contributed by atoms with van der Waals surface area (Å²) in [6, 6.07) is 6.46. The molecule has 19 heavy (non-hydrogen) atoms. The second-order valence-electron chi connectivity index (χ2n) is 3.94. The van der Waals surface area contributed by atoms with Crippen molar-refractivity contribution < 1.29 is 23.1 Å². The molecule has 0 unspecified atom stereocenters. The lowest BCUT2D eigenvalue weighted by Crippen LogP contribution is -2.18. The minimum absolute atomic E-state index is 0.384. The van der Waals surface area contributed by atoms with E-state index in [0.717, 1.165) is 6.42 Å². The highest BCUT2D eigenvalue weighted by molar-refractivity contribution is 7.92. The van der Waals surface area contributed by atoms with Crippen LogP contribution < -0.4 is 9.46 Å². The first-order valence-electron chi connectivity index (χ1n) is 5.88. The van der Waals surface area contributed by atoms with Gasteiger partial charge in [0.15, 0.2) is 0 Å². The van der Waals surface area contributed by atoms with E-state index < -0.39 is 28.2 Å². The number of sulfonamides is 1. The van der Waals surface area contributed by atoms with Crippen molar-refractivity contribution >= 4 is 21.7 Å². The molecule has 0 atom stereocenters. The van der Waals surface area contributed by atoms with E-state index in [9.17, 15) is 13.2 Å². The van der Waals surface area contributed by atoms with E-state index in [2.05, 4.69) is 4.72 Å². The highest BCUT2D eigenvalue weighted by Gasteiger charge is 2.12. The Hall–Kier alpha value is -1.76. The van der Waals surface area contributed by atoms with E-state index in [4.69, 9.17) is 9.84 Å². The monoisotopic (exact) mass is 287 g/mol. The summed E-state index contributed by atoms with van der Waals surface area (Å²) in [5.41, 5.74) is 0.384. The third-order valence-corrected chi connectivity index (χ3v) is 3.47. The van der Waals surface area contributed by atoms with Crippen LogP contribution in [0.2, 0.25) is 0 Å². The fourth-order valence-electron chi connectivity index (χ4n) is 1.29. The molecule has 0 saturated heterocycles. The van der Waals surface area contributed by atoms with Gasteiger partial charge in [-0.1, -0.05) is 6.92 Å². The first-order chi connectivity index (χ1) is 8.93. The summed E-state index contributed by atoms with van der Waals surface area (Å²) in [4.78, 5) is 10.3. The molecule has 0 saturated carbocycles. The van der Waals surface area contributed by atoms with Gasteiger partial charge in [0.2, 0.25) is 10.0 Å². The lowest BCUT2D eigenvalue weighted by Gasteiger charge is -2.08. The largest absolute Gasteiger partial charge is 0.494 e. The molecule has 0 aliphatic heterocycles. The van der Waals surface area contributed by atoms with Crippen molar-refractivity contribution in [3.05, 3.63) is 24.3 Å². The molecule has 0 heterocycles. The molecule has 0 spiro atoms. The van der Waals surface area contributed by atoms with Gasteiger partial charge in [-0.05, 0) is 30.7 Å². The molecule has 0 aromatic heterocycles. The molecule has 6 nitrogen and oxygen atoms in total. The minimum atomic E-state index is -3.63.